The maximum atomic E-state index is 12.7. The molecule has 1 aliphatic rings. The molecule has 0 saturated carbocycles. The van der Waals surface area contributed by atoms with Crippen LogP contribution in [-0.4, -0.2) is 52.7 Å². The molecule has 2 atom stereocenters. The number of hydrogen-bond donors (Lipinski definition) is 1. The molecule has 0 bridgehead atoms. The Morgan fingerprint density at radius 1 is 1.46 bits per heavy atom. The van der Waals surface area contributed by atoms with E-state index in [2.05, 4.69) is 4.98 Å². The molecule has 0 spiro atoms. The highest BCUT2D eigenvalue weighted by molar-refractivity contribution is 7.13. The molecule has 0 radical (unpaired) electrons. The summed E-state index contributed by atoms with van der Waals surface area (Å²) in [7, 11) is 1.51. The third-order valence-electron chi connectivity index (χ3n) is 3.94. The zero-order valence-electron chi connectivity index (χ0n) is 12.8. The largest absolute Gasteiger partial charge is 0.480 e. The van der Waals surface area contributed by atoms with Crippen LogP contribution < -0.4 is 0 Å². The summed E-state index contributed by atoms with van der Waals surface area (Å²) in [5, 5.41) is 12.2. The van der Waals surface area contributed by atoms with E-state index in [-0.39, 0.29) is 24.8 Å². The van der Waals surface area contributed by atoms with Crippen molar-refractivity contribution in [3.63, 3.8) is 0 Å². The van der Waals surface area contributed by atoms with Gasteiger partial charge in [-0.1, -0.05) is 23.7 Å². The topological polar surface area (TPSA) is 79.7 Å². The Labute approximate surface area is 147 Å². The fourth-order valence-electron chi connectivity index (χ4n) is 2.70. The number of benzene rings is 1. The van der Waals surface area contributed by atoms with E-state index < -0.39 is 17.9 Å². The second-order valence-electron chi connectivity index (χ2n) is 5.45. The van der Waals surface area contributed by atoms with E-state index in [9.17, 15) is 14.7 Å². The molecule has 2 aromatic rings. The number of aromatic nitrogens is 1. The van der Waals surface area contributed by atoms with Gasteiger partial charge in [0.25, 0.3) is 5.91 Å². The van der Waals surface area contributed by atoms with Crippen molar-refractivity contribution in [1.82, 2.24) is 9.88 Å². The van der Waals surface area contributed by atoms with Crippen molar-refractivity contribution in [2.45, 2.75) is 18.6 Å². The van der Waals surface area contributed by atoms with Gasteiger partial charge in [0.15, 0.2) is 0 Å². The minimum atomic E-state index is -1.03. The van der Waals surface area contributed by atoms with E-state index in [0.29, 0.717) is 10.0 Å². The number of carbonyl (C=O) groups excluding carboxylic acids is 1. The van der Waals surface area contributed by atoms with Crippen LogP contribution in [0.1, 0.15) is 16.9 Å². The highest BCUT2D eigenvalue weighted by atomic mass is 35.5. The third kappa shape index (κ3) is 3.28. The van der Waals surface area contributed by atoms with Crippen LogP contribution in [0.3, 0.4) is 0 Å². The van der Waals surface area contributed by atoms with Gasteiger partial charge in [0.05, 0.1) is 6.10 Å². The highest BCUT2D eigenvalue weighted by Gasteiger charge is 2.40. The van der Waals surface area contributed by atoms with Gasteiger partial charge in [-0.3, -0.25) is 4.79 Å². The summed E-state index contributed by atoms with van der Waals surface area (Å²) in [6, 6.07) is 6.31. The van der Waals surface area contributed by atoms with Gasteiger partial charge < -0.3 is 14.7 Å². The summed E-state index contributed by atoms with van der Waals surface area (Å²) in [4.78, 5) is 29.7. The van der Waals surface area contributed by atoms with E-state index >= 15 is 0 Å². The summed E-state index contributed by atoms with van der Waals surface area (Å²) >= 11 is 7.29. The lowest BCUT2D eigenvalue weighted by Crippen LogP contribution is -2.40. The molecular weight excluding hydrogens is 352 g/mol. The molecule has 1 aromatic heterocycles. The van der Waals surface area contributed by atoms with Crippen LogP contribution in [0.15, 0.2) is 29.6 Å². The van der Waals surface area contributed by atoms with Gasteiger partial charge in [-0.05, 0) is 12.1 Å². The van der Waals surface area contributed by atoms with Crippen LogP contribution in [0.4, 0.5) is 0 Å². The number of nitrogens with zero attached hydrogens (tertiary/aromatic N) is 2. The first-order chi connectivity index (χ1) is 11.5. The van der Waals surface area contributed by atoms with Gasteiger partial charge in [-0.25, -0.2) is 9.78 Å². The molecule has 1 aromatic carbocycles. The van der Waals surface area contributed by atoms with Crippen molar-refractivity contribution in [2.24, 2.45) is 0 Å². The number of thiazole rings is 1. The molecule has 1 amide bonds. The zero-order valence-corrected chi connectivity index (χ0v) is 14.4. The Morgan fingerprint density at radius 2 is 2.25 bits per heavy atom. The number of ether oxygens (including phenoxy) is 1. The number of carbonyl (C=O) groups is 2. The molecule has 2 heterocycles. The number of hydrogen-bond acceptors (Lipinski definition) is 5. The zero-order chi connectivity index (χ0) is 17.3. The van der Waals surface area contributed by atoms with E-state index in [0.717, 1.165) is 5.56 Å². The van der Waals surface area contributed by atoms with Crippen LogP contribution in [-0.2, 0) is 9.53 Å². The molecule has 1 fully saturated rings. The Kier molecular flexibility index (Phi) is 4.84. The van der Waals surface area contributed by atoms with Crippen LogP contribution in [0.5, 0.6) is 0 Å². The number of likely N-dealkylation sites (tertiary alicyclic amines) is 1. The first kappa shape index (κ1) is 16.9. The number of carboxylic acids is 1. The predicted octanol–water partition coefficient (Wildman–Crippen LogP) is 2.78. The van der Waals surface area contributed by atoms with E-state index in [1.165, 1.54) is 23.3 Å². The second-order valence-corrected chi connectivity index (χ2v) is 6.75. The third-order valence-corrected chi connectivity index (χ3v) is 5.06. The first-order valence-electron chi connectivity index (χ1n) is 7.27. The van der Waals surface area contributed by atoms with Gasteiger partial charge in [-0.15, -0.1) is 11.3 Å². The molecular formula is C16H15ClN2O4S. The molecule has 3 rings (SSSR count). The molecule has 126 valence electrons. The van der Waals surface area contributed by atoms with Gasteiger partial charge in [0.1, 0.15) is 16.7 Å². The highest BCUT2D eigenvalue weighted by Crippen LogP contribution is 2.28. The van der Waals surface area contributed by atoms with Crippen LogP contribution in [0.2, 0.25) is 5.02 Å². The quantitative estimate of drug-likeness (QED) is 0.900. The summed E-state index contributed by atoms with van der Waals surface area (Å²) in [6.45, 7) is 0.246. The van der Waals surface area contributed by atoms with Crippen LogP contribution in [0.25, 0.3) is 10.6 Å². The van der Waals surface area contributed by atoms with Gasteiger partial charge in [0, 0.05) is 36.0 Å². The minimum Gasteiger partial charge on any atom is -0.480 e. The molecule has 8 heteroatoms. The SMILES string of the molecule is COC1CC(C(=O)O)N(C(=O)c2csc(-c3cccc(Cl)c3)n2)C1. The molecule has 1 aliphatic heterocycles. The normalized spacial score (nSPS) is 20.3. The van der Waals surface area contributed by atoms with Gasteiger partial charge in [0.2, 0.25) is 0 Å². The summed E-state index contributed by atoms with van der Waals surface area (Å²) < 4.78 is 5.21. The Bertz CT molecular complexity index is 779. The van der Waals surface area contributed by atoms with Crippen LogP contribution >= 0.6 is 22.9 Å². The van der Waals surface area contributed by atoms with Crippen LogP contribution in [0, 0.1) is 0 Å². The first-order valence-corrected chi connectivity index (χ1v) is 8.53. The lowest BCUT2D eigenvalue weighted by atomic mass is 10.2. The van der Waals surface area contributed by atoms with Crippen molar-refractivity contribution < 1.29 is 19.4 Å². The smallest absolute Gasteiger partial charge is 0.326 e. The number of amides is 1. The number of aliphatic carboxylic acids is 1. The summed E-state index contributed by atoms with van der Waals surface area (Å²) in [6.07, 6.45) is 0.00384. The predicted molar refractivity (Wildman–Crippen MR) is 90.4 cm³/mol. The maximum Gasteiger partial charge on any atom is 0.326 e. The monoisotopic (exact) mass is 366 g/mol. The lowest BCUT2D eigenvalue weighted by molar-refractivity contribution is -0.141. The summed E-state index contributed by atoms with van der Waals surface area (Å²) in [5.41, 5.74) is 1.05. The minimum absolute atomic E-state index is 0.234. The average molecular weight is 367 g/mol. The molecule has 24 heavy (non-hydrogen) atoms. The Morgan fingerprint density at radius 3 is 2.92 bits per heavy atom. The van der Waals surface area contributed by atoms with Crippen molar-refractivity contribution in [3.05, 3.63) is 40.4 Å². The van der Waals surface area contributed by atoms with Crippen molar-refractivity contribution in [2.75, 3.05) is 13.7 Å². The standard InChI is InChI=1S/C16H15ClN2O4S/c1-23-11-6-13(16(21)22)19(7-11)15(20)12-8-24-14(18-12)9-3-2-4-10(17)5-9/h2-5,8,11,13H,6-7H2,1H3,(H,21,22). The van der Waals surface area contributed by atoms with E-state index in [1.54, 1.807) is 17.5 Å². The maximum absolute atomic E-state index is 12.7. The van der Waals surface area contributed by atoms with Crippen molar-refractivity contribution in [3.8, 4) is 10.6 Å². The molecule has 2 unspecified atom stereocenters. The average Bonchev–Trinajstić information content (AvgIpc) is 3.21. The Balaban J connectivity index is 1.84. The fraction of sp³-hybridized carbons (Fsp3) is 0.312. The molecule has 0 aliphatic carbocycles. The molecule has 6 nitrogen and oxygen atoms in total. The van der Waals surface area contributed by atoms with Gasteiger partial charge in [-0.2, -0.15) is 0 Å². The molecule has 1 N–H and O–H groups in total. The second kappa shape index (κ2) is 6.88. The number of rotatable bonds is 4. The summed E-state index contributed by atoms with van der Waals surface area (Å²) in [5.74, 6) is -1.43. The van der Waals surface area contributed by atoms with Crippen molar-refractivity contribution in [1.29, 1.82) is 0 Å². The number of methoxy groups -OCH3 is 1. The Hall–Kier alpha value is -1.96. The molecule has 1 saturated heterocycles. The lowest BCUT2D eigenvalue weighted by Gasteiger charge is -2.19. The van der Waals surface area contributed by atoms with Gasteiger partial charge >= 0.3 is 5.97 Å². The number of halogens is 1. The fourth-order valence-corrected chi connectivity index (χ4v) is 3.68. The van der Waals surface area contributed by atoms with E-state index in [4.69, 9.17) is 16.3 Å². The van der Waals surface area contributed by atoms with E-state index in [1.807, 2.05) is 12.1 Å². The van der Waals surface area contributed by atoms with Crippen molar-refractivity contribution >= 4 is 34.8 Å². The number of carboxylic acid groups (broad SMARTS) is 1.